The SMILES string of the molecule is CN1CC(c2ccccc2C2CNCCO2)C1. The third kappa shape index (κ3) is 2.23. The lowest BCUT2D eigenvalue weighted by Crippen LogP contribution is -2.42. The number of nitrogens with one attached hydrogen (secondary N) is 1. The highest BCUT2D eigenvalue weighted by Crippen LogP contribution is 2.32. The van der Waals surface area contributed by atoms with Crippen LogP contribution in [0, 0.1) is 0 Å². The van der Waals surface area contributed by atoms with Crippen molar-refractivity contribution in [3.8, 4) is 0 Å². The quantitative estimate of drug-likeness (QED) is 0.833. The minimum Gasteiger partial charge on any atom is -0.371 e. The average molecular weight is 232 g/mol. The molecule has 0 amide bonds. The number of morpholine rings is 1. The first-order chi connectivity index (χ1) is 8.34. The Balaban J connectivity index is 1.82. The van der Waals surface area contributed by atoms with E-state index in [9.17, 15) is 0 Å². The van der Waals surface area contributed by atoms with Gasteiger partial charge in [0.25, 0.3) is 0 Å². The Morgan fingerprint density at radius 2 is 2.00 bits per heavy atom. The Hall–Kier alpha value is -0.900. The smallest absolute Gasteiger partial charge is 0.0952 e. The summed E-state index contributed by atoms with van der Waals surface area (Å²) in [6, 6.07) is 8.77. The maximum absolute atomic E-state index is 5.87. The van der Waals surface area contributed by atoms with E-state index in [1.165, 1.54) is 24.2 Å². The first-order valence-corrected chi connectivity index (χ1v) is 6.44. The molecule has 2 heterocycles. The molecule has 1 aromatic carbocycles. The van der Waals surface area contributed by atoms with Gasteiger partial charge in [-0.15, -0.1) is 0 Å². The Morgan fingerprint density at radius 1 is 1.24 bits per heavy atom. The maximum Gasteiger partial charge on any atom is 0.0952 e. The zero-order valence-corrected chi connectivity index (χ0v) is 10.4. The summed E-state index contributed by atoms with van der Waals surface area (Å²) in [7, 11) is 2.18. The summed E-state index contributed by atoms with van der Waals surface area (Å²) >= 11 is 0. The molecule has 0 bridgehead atoms. The van der Waals surface area contributed by atoms with E-state index in [-0.39, 0.29) is 6.10 Å². The molecule has 92 valence electrons. The van der Waals surface area contributed by atoms with Gasteiger partial charge in [0, 0.05) is 32.1 Å². The minimum atomic E-state index is 0.242. The highest BCUT2D eigenvalue weighted by molar-refractivity contribution is 5.34. The summed E-state index contributed by atoms with van der Waals surface area (Å²) in [4.78, 5) is 2.36. The largest absolute Gasteiger partial charge is 0.371 e. The summed E-state index contributed by atoms with van der Waals surface area (Å²) in [6.45, 7) is 5.10. The number of likely N-dealkylation sites (tertiary alicyclic amines) is 1. The number of benzene rings is 1. The summed E-state index contributed by atoms with van der Waals surface area (Å²) in [6.07, 6.45) is 0.242. The molecule has 2 fully saturated rings. The molecule has 3 heteroatoms. The molecule has 1 unspecified atom stereocenters. The number of hydrogen-bond acceptors (Lipinski definition) is 3. The molecular weight excluding hydrogens is 212 g/mol. The second-order valence-electron chi connectivity index (χ2n) is 5.11. The van der Waals surface area contributed by atoms with Crippen molar-refractivity contribution in [1.82, 2.24) is 10.2 Å². The van der Waals surface area contributed by atoms with Crippen LogP contribution in [0.3, 0.4) is 0 Å². The van der Waals surface area contributed by atoms with E-state index in [4.69, 9.17) is 4.74 Å². The molecule has 3 rings (SSSR count). The molecular formula is C14H20N2O. The molecule has 0 aliphatic carbocycles. The van der Waals surface area contributed by atoms with Gasteiger partial charge in [0.2, 0.25) is 0 Å². The molecule has 1 N–H and O–H groups in total. The van der Waals surface area contributed by atoms with E-state index in [2.05, 4.69) is 41.5 Å². The molecule has 17 heavy (non-hydrogen) atoms. The predicted octanol–water partition coefficient (Wildman–Crippen LogP) is 1.38. The molecule has 2 saturated heterocycles. The summed E-state index contributed by atoms with van der Waals surface area (Å²) in [5.74, 6) is 0.696. The highest BCUT2D eigenvalue weighted by Gasteiger charge is 2.29. The van der Waals surface area contributed by atoms with E-state index in [1.54, 1.807) is 0 Å². The molecule has 3 nitrogen and oxygen atoms in total. The summed E-state index contributed by atoms with van der Waals surface area (Å²) in [5, 5.41) is 3.41. The number of ether oxygens (including phenoxy) is 1. The van der Waals surface area contributed by atoms with Crippen molar-refractivity contribution >= 4 is 0 Å². The normalized spacial score (nSPS) is 26.8. The Morgan fingerprint density at radius 3 is 2.65 bits per heavy atom. The van der Waals surface area contributed by atoms with Crippen LogP contribution in [0.2, 0.25) is 0 Å². The van der Waals surface area contributed by atoms with Crippen molar-refractivity contribution in [2.45, 2.75) is 12.0 Å². The van der Waals surface area contributed by atoms with E-state index >= 15 is 0 Å². The number of likely N-dealkylation sites (N-methyl/N-ethyl adjacent to an activating group) is 1. The molecule has 0 aromatic heterocycles. The van der Waals surface area contributed by atoms with Crippen molar-refractivity contribution < 1.29 is 4.74 Å². The average Bonchev–Trinajstić information content (AvgIpc) is 2.36. The third-order valence-corrected chi connectivity index (χ3v) is 3.77. The van der Waals surface area contributed by atoms with Gasteiger partial charge in [0.15, 0.2) is 0 Å². The van der Waals surface area contributed by atoms with Gasteiger partial charge in [-0.3, -0.25) is 0 Å². The van der Waals surface area contributed by atoms with Crippen LogP contribution in [-0.2, 0) is 4.74 Å². The van der Waals surface area contributed by atoms with Crippen LogP contribution in [0.4, 0.5) is 0 Å². The number of nitrogens with zero attached hydrogens (tertiary/aromatic N) is 1. The van der Waals surface area contributed by atoms with E-state index in [0.717, 1.165) is 19.7 Å². The number of hydrogen-bond donors (Lipinski definition) is 1. The topological polar surface area (TPSA) is 24.5 Å². The first-order valence-electron chi connectivity index (χ1n) is 6.44. The standard InChI is InChI=1S/C14H20N2O/c1-16-9-11(10-16)12-4-2-3-5-13(12)14-8-15-6-7-17-14/h2-5,11,14-15H,6-10H2,1H3. The summed E-state index contributed by atoms with van der Waals surface area (Å²) in [5.41, 5.74) is 2.87. The monoisotopic (exact) mass is 232 g/mol. The fraction of sp³-hybridized carbons (Fsp3) is 0.571. The van der Waals surface area contributed by atoms with E-state index in [1.807, 2.05) is 0 Å². The van der Waals surface area contributed by atoms with Crippen molar-refractivity contribution in [1.29, 1.82) is 0 Å². The van der Waals surface area contributed by atoms with Gasteiger partial charge in [0.1, 0.15) is 0 Å². The zero-order chi connectivity index (χ0) is 11.7. The lowest BCUT2D eigenvalue weighted by Gasteiger charge is -2.38. The molecule has 1 atom stereocenters. The minimum absolute atomic E-state index is 0.242. The van der Waals surface area contributed by atoms with Gasteiger partial charge in [-0.05, 0) is 18.2 Å². The van der Waals surface area contributed by atoms with Crippen LogP contribution in [0.1, 0.15) is 23.1 Å². The third-order valence-electron chi connectivity index (χ3n) is 3.77. The van der Waals surface area contributed by atoms with Crippen LogP contribution < -0.4 is 5.32 Å². The highest BCUT2D eigenvalue weighted by atomic mass is 16.5. The zero-order valence-electron chi connectivity index (χ0n) is 10.4. The van der Waals surface area contributed by atoms with Gasteiger partial charge in [0.05, 0.1) is 12.7 Å². The Bertz CT molecular complexity index is 382. The number of rotatable bonds is 2. The van der Waals surface area contributed by atoms with Gasteiger partial charge >= 0.3 is 0 Å². The molecule has 0 spiro atoms. The van der Waals surface area contributed by atoms with Crippen LogP contribution >= 0.6 is 0 Å². The summed E-state index contributed by atoms with van der Waals surface area (Å²) < 4.78 is 5.87. The molecule has 2 aliphatic rings. The second-order valence-corrected chi connectivity index (χ2v) is 5.11. The van der Waals surface area contributed by atoms with Crippen LogP contribution in [-0.4, -0.2) is 44.7 Å². The van der Waals surface area contributed by atoms with Crippen molar-refractivity contribution in [3.63, 3.8) is 0 Å². The molecule has 1 aromatic rings. The predicted molar refractivity (Wildman–Crippen MR) is 68.2 cm³/mol. The van der Waals surface area contributed by atoms with Crippen molar-refractivity contribution in [2.75, 3.05) is 39.8 Å². The molecule has 2 aliphatic heterocycles. The molecule has 0 radical (unpaired) electrons. The van der Waals surface area contributed by atoms with Crippen molar-refractivity contribution in [2.24, 2.45) is 0 Å². The van der Waals surface area contributed by atoms with Crippen LogP contribution in [0.25, 0.3) is 0 Å². The second kappa shape index (κ2) is 4.77. The van der Waals surface area contributed by atoms with Gasteiger partial charge in [-0.1, -0.05) is 24.3 Å². The Kier molecular flexibility index (Phi) is 3.14. The van der Waals surface area contributed by atoms with E-state index in [0.29, 0.717) is 5.92 Å². The first kappa shape index (κ1) is 11.2. The molecule has 0 saturated carbocycles. The van der Waals surface area contributed by atoms with Gasteiger partial charge < -0.3 is 15.0 Å². The van der Waals surface area contributed by atoms with Gasteiger partial charge in [-0.25, -0.2) is 0 Å². The van der Waals surface area contributed by atoms with Crippen LogP contribution in [0.5, 0.6) is 0 Å². The fourth-order valence-corrected chi connectivity index (χ4v) is 2.84. The maximum atomic E-state index is 5.87. The van der Waals surface area contributed by atoms with Crippen LogP contribution in [0.15, 0.2) is 24.3 Å². The lowest BCUT2D eigenvalue weighted by molar-refractivity contribution is 0.0262. The fourth-order valence-electron chi connectivity index (χ4n) is 2.84. The van der Waals surface area contributed by atoms with Crippen molar-refractivity contribution in [3.05, 3.63) is 35.4 Å². The Labute approximate surface area is 103 Å². The van der Waals surface area contributed by atoms with Gasteiger partial charge in [-0.2, -0.15) is 0 Å². The lowest BCUT2D eigenvalue weighted by atomic mass is 9.86. The van der Waals surface area contributed by atoms with E-state index < -0.39 is 0 Å².